The summed E-state index contributed by atoms with van der Waals surface area (Å²) in [5.41, 5.74) is -0.278. The summed E-state index contributed by atoms with van der Waals surface area (Å²) in [6.07, 6.45) is 1.28. The van der Waals surface area contributed by atoms with Gasteiger partial charge in [0.1, 0.15) is 5.78 Å². The number of hydrogen-bond donors (Lipinski definition) is 0. The van der Waals surface area contributed by atoms with Crippen molar-refractivity contribution >= 4 is 11.8 Å². The molecular weight excluding hydrogens is 168 g/mol. The van der Waals surface area contributed by atoms with Crippen molar-refractivity contribution < 1.29 is 14.3 Å². The molecule has 0 spiro atoms. The number of rotatable bonds is 5. The highest BCUT2D eigenvalue weighted by Crippen LogP contribution is 2.26. The lowest BCUT2D eigenvalue weighted by molar-refractivity contribution is -0.143. The van der Waals surface area contributed by atoms with Crippen molar-refractivity contribution in [2.75, 3.05) is 7.11 Å². The Hall–Kier alpha value is -0.860. The number of Topliss-reactive ketones (excluding diaryl/α,β-unsaturated/α-hetero) is 1. The molecule has 0 atom stereocenters. The molecule has 0 saturated carbocycles. The molecule has 0 aliphatic rings. The van der Waals surface area contributed by atoms with Crippen molar-refractivity contribution in [2.24, 2.45) is 5.41 Å². The first kappa shape index (κ1) is 12.1. The molecule has 3 nitrogen and oxygen atoms in total. The van der Waals surface area contributed by atoms with Crippen LogP contribution in [0.3, 0.4) is 0 Å². The number of esters is 1. The van der Waals surface area contributed by atoms with E-state index in [-0.39, 0.29) is 17.2 Å². The zero-order valence-electron chi connectivity index (χ0n) is 8.85. The van der Waals surface area contributed by atoms with E-state index < -0.39 is 0 Å². The average Bonchev–Trinajstić information content (AvgIpc) is 2.02. The third-order valence-corrected chi connectivity index (χ3v) is 1.92. The molecule has 0 aliphatic carbocycles. The molecule has 0 radical (unpaired) electrons. The highest BCUT2D eigenvalue weighted by atomic mass is 16.5. The Bertz CT molecular complexity index is 174. The Morgan fingerprint density at radius 2 is 1.77 bits per heavy atom. The first-order valence-corrected chi connectivity index (χ1v) is 4.50. The van der Waals surface area contributed by atoms with Crippen molar-refractivity contribution in [1.82, 2.24) is 0 Å². The number of ether oxygens (including phenoxy) is 1. The number of ketones is 1. The lowest BCUT2D eigenvalue weighted by Crippen LogP contribution is -2.21. The van der Waals surface area contributed by atoms with Crippen LogP contribution in [-0.2, 0) is 14.3 Å². The summed E-state index contributed by atoms with van der Waals surface area (Å²) < 4.78 is 4.55. The molecule has 0 fully saturated rings. The maximum Gasteiger partial charge on any atom is 0.306 e. The van der Waals surface area contributed by atoms with Crippen molar-refractivity contribution in [3.05, 3.63) is 0 Å². The van der Waals surface area contributed by atoms with Gasteiger partial charge in [-0.15, -0.1) is 0 Å². The molecule has 0 aromatic heterocycles. The Morgan fingerprint density at radius 3 is 2.15 bits per heavy atom. The van der Waals surface area contributed by atoms with Gasteiger partial charge in [-0.05, 0) is 5.41 Å². The topological polar surface area (TPSA) is 43.4 Å². The molecule has 0 aliphatic heterocycles. The maximum absolute atomic E-state index is 11.1. The van der Waals surface area contributed by atoms with Gasteiger partial charge in [-0.3, -0.25) is 9.59 Å². The highest BCUT2D eigenvalue weighted by molar-refractivity contribution is 5.79. The van der Waals surface area contributed by atoms with Gasteiger partial charge in [-0.25, -0.2) is 0 Å². The largest absolute Gasteiger partial charge is 0.469 e. The van der Waals surface area contributed by atoms with Crippen molar-refractivity contribution in [1.29, 1.82) is 0 Å². The van der Waals surface area contributed by atoms with Crippen molar-refractivity contribution in [3.63, 3.8) is 0 Å². The predicted octanol–water partition coefficient (Wildman–Crippen LogP) is 1.94. The fourth-order valence-corrected chi connectivity index (χ4v) is 1.18. The molecular formula is C10H18O3. The van der Waals surface area contributed by atoms with Gasteiger partial charge in [0.15, 0.2) is 0 Å². The molecule has 0 unspecified atom stereocenters. The standard InChI is InChI=1S/C10H18O3/c1-5-8(11)6-10(2,3)7-9(12)13-4/h5-7H2,1-4H3. The summed E-state index contributed by atoms with van der Waals surface area (Å²) >= 11 is 0. The third kappa shape index (κ3) is 5.39. The number of methoxy groups -OCH3 is 1. The van der Waals surface area contributed by atoms with E-state index in [0.29, 0.717) is 19.3 Å². The molecule has 0 rings (SSSR count). The Labute approximate surface area is 79.5 Å². The van der Waals surface area contributed by atoms with Crippen LogP contribution in [0.2, 0.25) is 0 Å². The Kier molecular flexibility index (Phi) is 4.67. The second-order valence-corrected chi connectivity index (χ2v) is 3.99. The SMILES string of the molecule is CCC(=O)CC(C)(C)CC(=O)OC. The summed E-state index contributed by atoms with van der Waals surface area (Å²) in [5, 5.41) is 0. The molecule has 0 heterocycles. The first-order chi connectivity index (χ1) is 5.91. The number of carbonyl (C=O) groups excluding carboxylic acids is 2. The van der Waals surface area contributed by atoms with Gasteiger partial charge in [-0.1, -0.05) is 20.8 Å². The fraction of sp³-hybridized carbons (Fsp3) is 0.800. The maximum atomic E-state index is 11.1. The van der Waals surface area contributed by atoms with E-state index in [4.69, 9.17) is 0 Å². The van der Waals surface area contributed by atoms with Gasteiger partial charge >= 0.3 is 5.97 Å². The predicted molar refractivity (Wildman–Crippen MR) is 50.3 cm³/mol. The van der Waals surface area contributed by atoms with Crippen LogP contribution in [0.25, 0.3) is 0 Å². The lowest BCUT2D eigenvalue weighted by Gasteiger charge is -2.21. The van der Waals surface area contributed by atoms with Crippen molar-refractivity contribution in [3.8, 4) is 0 Å². The van der Waals surface area contributed by atoms with E-state index in [1.807, 2.05) is 20.8 Å². The molecule has 0 aromatic rings. The van der Waals surface area contributed by atoms with Crippen LogP contribution in [0.15, 0.2) is 0 Å². The zero-order valence-corrected chi connectivity index (χ0v) is 8.85. The molecule has 0 amide bonds. The van der Waals surface area contributed by atoms with Crippen LogP contribution in [0.4, 0.5) is 0 Å². The molecule has 13 heavy (non-hydrogen) atoms. The van der Waals surface area contributed by atoms with Gasteiger partial charge in [0, 0.05) is 12.8 Å². The number of carbonyl (C=O) groups is 2. The summed E-state index contributed by atoms with van der Waals surface area (Å²) in [4.78, 5) is 22.1. The summed E-state index contributed by atoms with van der Waals surface area (Å²) in [7, 11) is 1.36. The van der Waals surface area contributed by atoms with Crippen molar-refractivity contribution in [2.45, 2.75) is 40.0 Å². The van der Waals surface area contributed by atoms with E-state index in [0.717, 1.165) is 0 Å². The van der Waals surface area contributed by atoms with Gasteiger partial charge < -0.3 is 4.74 Å². The van der Waals surface area contributed by atoms with Crippen LogP contribution in [0.1, 0.15) is 40.0 Å². The molecule has 0 N–H and O–H groups in total. The molecule has 0 aromatic carbocycles. The van der Waals surface area contributed by atoms with E-state index in [2.05, 4.69) is 4.74 Å². The molecule has 3 heteroatoms. The van der Waals surface area contributed by atoms with E-state index in [1.54, 1.807) is 0 Å². The monoisotopic (exact) mass is 186 g/mol. The number of hydrogen-bond acceptors (Lipinski definition) is 3. The fourth-order valence-electron chi connectivity index (χ4n) is 1.18. The van der Waals surface area contributed by atoms with Crippen LogP contribution in [0, 0.1) is 5.41 Å². The summed E-state index contributed by atoms with van der Waals surface area (Å²) in [6.45, 7) is 5.63. The second kappa shape index (κ2) is 5.00. The minimum Gasteiger partial charge on any atom is -0.469 e. The third-order valence-electron chi connectivity index (χ3n) is 1.92. The van der Waals surface area contributed by atoms with Crippen LogP contribution < -0.4 is 0 Å². The molecule has 0 saturated heterocycles. The normalized spacial score (nSPS) is 11.1. The van der Waals surface area contributed by atoms with Gasteiger partial charge in [0.2, 0.25) is 0 Å². The quantitative estimate of drug-likeness (QED) is 0.616. The Morgan fingerprint density at radius 1 is 1.23 bits per heavy atom. The van der Waals surface area contributed by atoms with Crippen LogP contribution in [0.5, 0.6) is 0 Å². The van der Waals surface area contributed by atoms with Crippen LogP contribution >= 0.6 is 0 Å². The molecule has 76 valence electrons. The van der Waals surface area contributed by atoms with E-state index in [1.165, 1.54) is 7.11 Å². The van der Waals surface area contributed by atoms with Gasteiger partial charge in [0.25, 0.3) is 0 Å². The van der Waals surface area contributed by atoms with Gasteiger partial charge in [-0.2, -0.15) is 0 Å². The van der Waals surface area contributed by atoms with E-state index >= 15 is 0 Å². The van der Waals surface area contributed by atoms with Gasteiger partial charge in [0.05, 0.1) is 13.5 Å². The minimum absolute atomic E-state index is 0.189. The minimum atomic E-state index is -0.278. The molecule has 0 bridgehead atoms. The highest BCUT2D eigenvalue weighted by Gasteiger charge is 2.24. The second-order valence-electron chi connectivity index (χ2n) is 3.99. The summed E-state index contributed by atoms with van der Waals surface area (Å²) in [6, 6.07) is 0. The zero-order chi connectivity index (χ0) is 10.5. The first-order valence-electron chi connectivity index (χ1n) is 4.50. The lowest BCUT2D eigenvalue weighted by atomic mass is 9.83. The smallest absolute Gasteiger partial charge is 0.306 e. The summed E-state index contributed by atoms with van der Waals surface area (Å²) in [5.74, 6) is -0.0668. The van der Waals surface area contributed by atoms with Crippen LogP contribution in [-0.4, -0.2) is 18.9 Å². The average molecular weight is 186 g/mol. The Balaban J connectivity index is 4.07. The van der Waals surface area contributed by atoms with E-state index in [9.17, 15) is 9.59 Å².